The van der Waals surface area contributed by atoms with Crippen molar-refractivity contribution in [2.24, 2.45) is 4.99 Å². The van der Waals surface area contributed by atoms with Crippen molar-refractivity contribution in [3.63, 3.8) is 0 Å². The Hall–Kier alpha value is -1.30. The van der Waals surface area contributed by atoms with Gasteiger partial charge in [0.25, 0.3) is 0 Å². The lowest BCUT2D eigenvalue weighted by Crippen LogP contribution is -2.39. The van der Waals surface area contributed by atoms with Crippen molar-refractivity contribution in [1.29, 1.82) is 0 Å². The lowest BCUT2D eigenvalue weighted by Gasteiger charge is -2.27. The number of nitrogens with zero attached hydrogens (tertiary/aromatic N) is 2. The highest BCUT2D eigenvalue weighted by Crippen LogP contribution is 2.27. The number of halogens is 1. The van der Waals surface area contributed by atoms with Crippen molar-refractivity contribution in [1.82, 2.24) is 15.5 Å². The molecule has 0 spiro atoms. The molecule has 1 aliphatic rings. The molecular weight excluding hydrogens is 324 g/mol. The van der Waals surface area contributed by atoms with Gasteiger partial charge >= 0.3 is 0 Å². The average molecular weight is 353 g/mol. The maximum absolute atomic E-state index is 6.20. The topological polar surface area (TPSA) is 48.9 Å². The SMILES string of the molecule is CCNC(=NCC(c1cccc(Cl)c1)N1CCCC1)NCCOC. The molecule has 1 heterocycles. The molecule has 1 saturated heterocycles. The van der Waals surface area contributed by atoms with Gasteiger partial charge in [0.05, 0.1) is 19.2 Å². The van der Waals surface area contributed by atoms with Crippen LogP contribution < -0.4 is 10.6 Å². The first-order valence-electron chi connectivity index (χ1n) is 8.75. The average Bonchev–Trinajstić information content (AvgIpc) is 3.09. The molecule has 24 heavy (non-hydrogen) atoms. The van der Waals surface area contributed by atoms with Crippen LogP contribution in [0, 0.1) is 0 Å². The van der Waals surface area contributed by atoms with Crippen LogP contribution >= 0.6 is 11.6 Å². The van der Waals surface area contributed by atoms with Crippen LogP contribution in [0.25, 0.3) is 0 Å². The van der Waals surface area contributed by atoms with Gasteiger partial charge in [-0.3, -0.25) is 9.89 Å². The zero-order valence-corrected chi connectivity index (χ0v) is 15.5. The van der Waals surface area contributed by atoms with E-state index in [1.54, 1.807) is 7.11 Å². The normalized spacial score (nSPS) is 17.0. The van der Waals surface area contributed by atoms with E-state index >= 15 is 0 Å². The van der Waals surface area contributed by atoms with Crippen LogP contribution in [-0.4, -0.2) is 57.3 Å². The van der Waals surface area contributed by atoms with Crippen LogP contribution in [0.2, 0.25) is 5.02 Å². The highest BCUT2D eigenvalue weighted by atomic mass is 35.5. The van der Waals surface area contributed by atoms with Crippen molar-refractivity contribution in [3.8, 4) is 0 Å². The van der Waals surface area contributed by atoms with Crippen molar-refractivity contribution in [2.45, 2.75) is 25.8 Å². The van der Waals surface area contributed by atoms with Crippen molar-refractivity contribution in [3.05, 3.63) is 34.9 Å². The van der Waals surface area contributed by atoms with Crippen molar-refractivity contribution < 1.29 is 4.74 Å². The standard InChI is InChI=1S/C18H29ClN4O/c1-3-20-18(21-9-12-24-2)22-14-17(23-10-4-5-11-23)15-7-6-8-16(19)13-15/h6-8,13,17H,3-5,9-12,14H2,1-2H3,(H2,20,21,22). The Bertz CT molecular complexity index is 517. The van der Waals surface area contributed by atoms with Crippen LogP contribution in [0.3, 0.4) is 0 Å². The maximum Gasteiger partial charge on any atom is 0.191 e. The van der Waals surface area contributed by atoms with Crippen LogP contribution in [0.15, 0.2) is 29.3 Å². The molecule has 6 heteroatoms. The first kappa shape index (κ1) is 19.0. The molecule has 1 unspecified atom stereocenters. The third kappa shape index (κ3) is 5.96. The number of nitrogens with one attached hydrogen (secondary N) is 2. The molecule has 134 valence electrons. The minimum Gasteiger partial charge on any atom is -0.383 e. The second kappa shape index (κ2) is 10.5. The summed E-state index contributed by atoms with van der Waals surface area (Å²) in [5.74, 6) is 0.834. The van der Waals surface area contributed by atoms with Crippen LogP contribution in [0.1, 0.15) is 31.4 Å². The Kier molecular flexibility index (Phi) is 8.36. The number of hydrogen-bond donors (Lipinski definition) is 2. The van der Waals surface area contributed by atoms with Crippen LogP contribution in [0.5, 0.6) is 0 Å². The smallest absolute Gasteiger partial charge is 0.191 e. The summed E-state index contributed by atoms with van der Waals surface area (Å²) in [5.41, 5.74) is 1.24. The molecule has 0 amide bonds. The summed E-state index contributed by atoms with van der Waals surface area (Å²) in [6.07, 6.45) is 2.51. The lowest BCUT2D eigenvalue weighted by molar-refractivity contribution is 0.203. The second-order valence-corrected chi connectivity index (χ2v) is 6.39. The van der Waals surface area contributed by atoms with Crippen molar-refractivity contribution in [2.75, 3.05) is 46.4 Å². The van der Waals surface area contributed by atoms with E-state index in [-0.39, 0.29) is 6.04 Å². The van der Waals surface area contributed by atoms with Gasteiger partial charge in [0, 0.05) is 25.2 Å². The zero-order chi connectivity index (χ0) is 17.2. The lowest BCUT2D eigenvalue weighted by atomic mass is 10.1. The number of benzene rings is 1. The van der Waals surface area contributed by atoms with Gasteiger partial charge in [0.15, 0.2) is 5.96 Å². The number of methoxy groups -OCH3 is 1. The molecule has 2 N–H and O–H groups in total. The van der Waals surface area contributed by atoms with E-state index in [2.05, 4.69) is 34.6 Å². The van der Waals surface area contributed by atoms with E-state index in [1.807, 2.05) is 12.1 Å². The van der Waals surface area contributed by atoms with Crippen LogP contribution in [0.4, 0.5) is 0 Å². The highest BCUT2D eigenvalue weighted by Gasteiger charge is 2.23. The summed E-state index contributed by atoms with van der Waals surface area (Å²) in [7, 11) is 1.70. The highest BCUT2D eigenvalue weighted by molar-refractivity contribution is 6.30. The molecule has 0 bridgehead atoms. The summed E-state index contributed by atoms with van der Waals surface area (Å²) < 4.78 is 5.09. The van der Waals surface area contributed by atoms with Gasteiger partial charge in [0.1, 0.15) is 0 Å². The van der Waals surface area contributed by atoms with Crippen LogP contribution in [-0.2, 0) is 4.74 Å². The fraction of sp³-hybridized carbons (Fsp3) is 0.611. The largest absolute Gasteiger partial charge is 0.383 e. The molecule has 0 radical (unpaired) electrons. The fourth-order valence-electron chi connectivity index (χ4n) is 2.99. The van der Waals surface area contributed by atoms with E-state index < -0.39 is 0 Å². The predicted molar refractivity (Wildman–Crippen MR) is 101 cm³/mol. The summed E-state index contributed by atoms with van der Waals surface area (Å²) in [4.78, 5) is 7.30. The van der Waals surface area contributed by atoms with Gasteiger partial charge in [-0.2, -0.15) is 0 Å². The first-order chi connectivity index (χ1) is 11.7. The zero-order valence-electron chi connectivity index (χ0n) is 14.7. The number of guanidine groups is 1. The molecule has 5 nitrogen and oxygen atoms in total. The number of aliphatic imine (C=N–C) groups is 1. The Morgan fingerprint density at radius 1 is 1.33 bits per heavy atom. The molecule has 2 rings (SSSR count). The van der Waals surface area contributed by atoms with E-state index in [9.17, 15) is 0 Å². The monoisotopic (exact) mass is 352 g/mol. The molecule has 0 saturated carbocycles. The Labute approximate surface area is 150 Å². The summed E-state index contributed by atoms with van der Waals surface area (Å²) in [6.45, 7) is 7.28. The van der Waals surface area contributed by atoms with E-state index in [0.29, 0.717) is 13.2 Å². The minimum absolute atomic E-state index is 0.268. The summed E-state index contributed by atoms with van der Waals surface area (Å²) in [6, 6.07) is 8.42. The van der Waals surface area contributed by atoms with E-state index in [1.165, 1.54) is 18.4 Å². The number of rotatable bonds is 8. The first-order valence-corrected chi connectivity index (χ1v) is 9.13. The number of ether oxygens (including phenoxy) is 1. The molecule has 1 aromatic carbocycles. The van der Waals surface area contributed by atoms with Gasteiger partial charge in [-0.25, -0.2) is 0 Å². The molecule has 0 aliphatic carbocycles. The van der Waals surface area contributed by atoms with Gasteiger partial charge in [-0.15, -0.1) is 0 Å². The van der Waals surface area contributed by atoms with E-state index in [4.69, 9.17) is 21.3 Å². The van der Waals surface area contributed by atoms with Crippen molar-refractivity contribution >= 4 is 17.6 Å². The molecule has 1 aliphatic heterocycles. The number of likely N-dealkylation sites (tertiary alicyclic amines) is 1. The van der Waals surface area contributed by atoms with Gasteiger partial charge in [-0.05, 0) is 50.6 Å². The third-order valence-electron chi connectivity index (χ3n) is 4.18. The molecule has 0 aromatic heterocycles. The Morgan fingerprint density at radius 3 is 2.79 bits per heavy atom. The Balaban J connectivity index is 2.09. The third-order valence-corrected chi connectivity index (χ3v) is 4.42. The number of hydrogen-bond acceptors (Lipinski definition) is 3. The minimum atomic E-state index is 0.268. The molecule has 1 aromatic rings. The molecule has 1 fully saturated rings. The van der Waals surface area contributed by atoms with Gasteiger partial charge < -0.3 is 15.4 Å². The Morgan fingerprint density at radius 2 is 2.12 bits per heavy atom. The van der Waals surface area contributed by atoms with Gasteiger partial charge in [0.2, 0.25) is 0 Å². The quantitative estimate of drug-likeness (QED) is 0.429. The van der Waals surface area contributed by atoms with Gasteiger partial charge in [-0.1, -0.05) is 23.7 Å². The summed E-state index contributed by atoms with van der Waals surface area (Å²) >= 11 is 6.20. The van der Waals surface area contributed by atoms with E-state index in [0.717, 1.165) is 37.2 Å². The predicted octanol–water partition coefficient (Wildman–Crippen LogP) is 2.68. The second-order valence-electron chi connectivity index (χ2n) is 5.95. The molecule has 1 atom stereocenters. The summed E-state index contributed by atoms with van der Waals surface area (Å²) in [5, 5.41) is 7.37. The molecular formula is C18H29ClN4O. The fourth-order valence-corrected chi connectivity index (χ4v) is 3.19. The maximum atomic E-state index is 6.20.